The second-order valence-electron chi connectivity index (χ2n) is 12.1. The Bertz CT molecular complexity index is 1930. The highest BCUT2D eigenvalue weighted by molar-refractivity contribution is 6.30. The zero-order valence-corrected chi connectivity index (χ0v) is 28.7. The lowest BCUT2D eigenvalue weighted by atomic mass is 10.1. The highest BCUT2D eigenvalue weighted by Gasteiger charge is 2.53. The predicted molar refractivity (Wildman–Crippen MR) is 185 cm³/mol. The van der Waals surface area contributed by atoms with E-state index in [4.69, 9.17) is 32.7 Å². The molecule has 0 aliphatic heterocycles. The Morgan fingerprint density at radius 1 is 0.537 bits per heavy atom. The Morgan fingerprint density at radius 2 is 0.815 bits per heavy atom. The van der Waals surface area contributed by atoms with Gasteiger partial charge in [0.05, 0.1) is 56.2 Å². The third kappa shape index (κ3) is 9.25. The van der Waals surface area contributed by atoms with Crippen molar-refractivity contribution in [2.24, 2.45) is 11.8 Å². The first kappa shape index (κ1) is 39.1. The van der Waals surface area contributed by atoms with Gasteiger partial charge in [-0.15, -0.1) is 0 Å². The summed E-state index contributed by atoms with van der Waals surface area (Å²) < 4.78 is 38.1. The van der Waals surface area contributed by atoms with Gasteiger partial charge in [0.15, 0.2) is 0 Å². The summed E-state index contributed by atoms with van der Waals surface area (Å²) in [6.45, 7) is -0.492. The lowest BCUT2D eigenvalue weighted by Crippen LogP contribution is -2.10. The van der Waals surface area contributed by atoms with E-state index in [1.807, 2.05) is 0 Å². The van der Waals surface area contributed by atoms with Crippen molar-refractivity contribution < 1.29 is 47.5 Å². The number of carbonyl (C=O) groups excluding carboxylic acids is 2. The number of rotatable bonds is 12. The molecular formula is C34H24Cl2F2N4O12. The summed E-state index contributed by atoms with van der Waals surface area (Å²) in [4.78, 5) is 64.3. The van der Waals surface area contributed by atoms with Crippen LogP contribution in [0.25, 0.3) is 0 Å². The van der Waals surface area contributed by atoms with Gasteiger partial charge in [0.2, 0.25) is 0 Å². The number of hydrogen-bond donors (Lipinski definition) is 0. The van der Waals surface area contributed by atoms with Crippen LogP contribution in [0.4, 0.5) is 31.5 Å². The molecule has 54 heavy (non-hydrogen) atoms. The van der Waals surface area contributed by atoms with Gasteiger partial charge < -0.3 is 9.47 Å². The van der Waals surface area contributed by atoms with Crippen LogP contribution in [-0.2, 0) is 9.47 Å². The average molecular weight is 789 g/mol. The van der Waals surface area contributed by atoms with Crippen LogP contribution in [0.15, 0.2) is 84.9 Å². The summed E-state index contributed by atoms with van der Waals surface area (Å²) in [6.07, 6.45) is -2.39. The number of alkyl halides is 2. The first-order valence-electron chi connectivity index (χ1n) is 15.6. The third-order valence-corrected chi connectivity index (χ3v) is 9.09. The van der Waals surface area contributed by atoms with Crippen molar-refractivity contribution in [1.82, 2.24) is 0 Å². The molecule has 0 saturated heterocycles. The van der Waals surface area contributed by atoms with E-state index in [1.54, 1.807) is 48.5 Å². The standard InChI is InChI=1S/2C17H12ClFN2O6/c2*18-11-3-1-9(2-4-11)15-14(16(15)19)8-27-17(22)10-5-12(20(23)24)7-13(6-10)21(25)26/h2*1-7,14-16H,8H2/t2*14-,15-,16+/m11/s1. The van der Waals surface area contributed by atoms with Gasteiger partial charge in [-0.25, -0.2) is 18.4 Å². The van der Waals surface area contributed by atoms with Crippen LogP contribution in [0.3, 0.4) is 0 Å². The molecule has 6 atom stereocenters. The molecule has 0 N–H and O–H groups in total. The van der Waals surface area contributed by atoms with E-state index in [9.17, 15) is 58.8 Å². The fourth-order valence-electron chi connectivity index (χ4n) is 5.65. The van der Waals surface area contributed by atoms with Gasteiger partial charge in [0, 0.05) is 58.0 Å². The SMILES string of the molecule is O=C(OC[C@H]1[C@H](F)[C@@H]1c1ccc(Cl)cc1)c1cc([N+](=O)[O-])cc([N+](=O)[O-])c1.O=C(OC[C@H]1[C@H](F)[C@@H]1c1ccc(Cl)cc1)c1cc([N+](=O)[O-])cc([N+](=O)[O-])c1. The summed E-state index contributed by atoms with van der Waals surface area (Å²) in [6, 6.07) is 18.3. The second-order valence-corrected chi connectivity index (χ2v) is 12.9. The van der Waals surface area contributed by atoms with E-state index in [2.05, 4.69) is 0 Å². The van der Waals surface area contributed by atoms with Crippen molar-refractivity contribution in [3.8, 4) is 0 Å². The van der Waals surface area contributed by atoms with Gasteiger partial charge >= 0.3 is 11.9 Å². The number of ether oxygens (including phenoxy) is 2. The molecule has 0 spiro atoms. The topological polar surface area (TPSA) is 225 Å². The number of nitro groups is 4. The van der Waals surface area contributed by atoms with E-state index in [1.165, 1.54) is 0 Å². The fraction of sp³-hybridized carbons (Fsp3) is 0.235. The first-order chi connectivity index (χ1) is 25.5. The normalized spacial score (nSPS) is 20.7. The molecule has 20 heteroatoms. The van der Waals surface area contributed by atoms with Crippen molar-refractivity contribution in [1.29, 1.82) is 0 Å². The summed E-state index contributed by atoms with van der Waals surface area (Å²) in [5, 5.41) is 44.5. The Balaban J connectivity index is 0.000000208. The molecule has 2 saturated carbocycles. The first-order valence-corrected chi connectivity index (χ1v) is 16.3. The third-order valence-electron chi connectivity index (χ3n) is 8.59. The molecule has 6 rings (SSSR count). The highest BCUT2D eigenvalue weighted by Crippen LogP contribution is 2.51. The van der Waals surface area contributed by atoms with Crippen LogP contribution >= 0.6 is 23.2 Å². The van der Waals surface area contributed by atoms with E-state index in [-0.39, 0.29) is 24.3 Å². The lowest BCUT2D eigenvalue weighted by Gasteiger charge is -2.05. The van der Waals surface area contributed by atoms with Crippen molar-refractivity contribution >= 4 is 57.9 Å². The lowest BCUT2D eigenvalue weighted by molar-refractivity contribution is -0.394. The number of nitrogens with zero attached hydrogens (tertiary/aromatic N) is 4. The van der Waals surface area contributed by atoms with E-state index >= 15 is 0 Å². The molecule has 0 heterocycles. The van der Waals surface area contributed by atoms with Crippen LogP contribution in [0.2, 0.25) is 10.0 Å². The van der Waals surface area contributed by atoms with Gasteiger partial charge in [-0.2, -0.15) is 0 Å². The molecule has 280 valence electrons. The largest absolute Gasteiger partial charge is 0.462 e. The maximum atomic E-state index is 14.0. The number of non-ortho nitro benzene ring substituents is 4. The molecule has 0 aromatic heterocycles. The van der Waals surface area contributed by atoms with Gasteiger partial charge in [0.1, 0.15) is 12.3 Å². The van der Waals surface area contributed by atoms with Crippen LogP contribution in [0.5, 0.6) is 0 Å². The number of hydrogen-bond acceptors (Lipinski definition) is 12. The minimum atomic E-state index is -1.20. The molecule has 0 bridgehead atoms. The maximum absolute atomic E-state index is 14.0. The minimum Gasteiger partial charge on any atom is -0.462 e. The molecule has 4 aromatic rings. The Labute approximate surface area is 311 Å². The predicted octanol–water partition coefficient (Wildman–Crippen LogP) is 8.13. The molecular weight excluding hydrogens is 765 g/mol. The number of esters is 2. The fourth-order valence-corrected chi connectivity index (χ4v) is 5.90. The maximum Gasteiger partial charge on any atom is 0.338 e. The molecule has 4 aromatic carbocycles. The Morgan fingerprint density at radius 3 is 1.07 bits per heavy atom. The number of carbonyl (C=O) groups is 2. The summed E-state index contributed by atoms with van der Waals surface area (Å²) in [7, 11) is 0. The van der Waals surface area contributed by atoms with Crippen LogP contribution < -0.4 is 0 Å². The number of nitro benzene ring substituents is 4. The highest BCUT2D eigenvalue weighted by atomic mass is 35.5. The van der Waals surface area contributed by atoms with Gasteiger partial charge in [-0.05, 0) is 35.4 Å². The zero-order valence-electron chi connectivity index (χ0n) is 27.2. The van der Waals surface area contributed by atoms with Gasteiger partial charge in [0.25, 0.3) is 22.7 Å². The zero-order chi connectivity index (χ0) is 39.4. The van der Waals surface area contributed by atoms with Crippen molar-refractivity contribution in [2.75, 3.05) is 13.2 Å². The van der Waals surface area contributed by atoms with Crippen molar-refractivity contribution in [3.05, 3.63) is 158 Å². The molecule has 0 unspecified atom stereocenters. The monoisotopic (exact) mass is 788 g/mol. The minimum absolute atomic E-state index is 0.246. The molecule has 16 nitrogen and oxygen atoms in total. The van der Waals surface area contributed by atoms with Crippen LogP contribution in [0, 0.1) is 52.3 Å². The Hall–Kier alpha value is -6.14. The van der Waals surface area contributed by atoms with Crippen molar-refractivity contribution in [3.63, 3.8) is 0 Å². The average Bonchev–Trinajstić information content (AvgIpc) is 4.01. The van der Waals surface area contributed by atoms with Crippen LogP contribution in [0.1, 0.15) is 43.7 Å². The van der Waals surface area contributed by atoms with E-state index in [0.29, 0.717) is 10.0 Å². The Kier molecular flexibility index (Phi) is 11.8. The summed E-state index contributed by atoms with van der Waals surface area (Å²) in [5.41, 5.74) is -1.66. The summed E-state index contributed by atoms with van der Waals surface area (Å²) >= 11 is 11.6. The second kappa shape index (κ2) is 16.3. The smallest absolute Gasteiger partial charge is 0.338 e. The van der Waals surface area contributed by atoms with Gasteiger partial charge in [-0.1, -0.05) is 47.5 Å². The quantitative estimate of drug-likeness (QED) is 0.0753. The number of halogens is 4. The molecule has 0 amide bonds. The molecule has 0 radical (unpaired) electrons. The van der Waals surface area contributed by atoms with Crippen molar-refractivity contribution in [2.45, 2.75) is 24.2 Å². The van der Waals surface area contributed by atoms with Gasteiger partial charge in [-0.3, -0.25) is 40.5 Å². The number of benzene rings is 4. The van der Waals surface area contributed by atoms with E-state index < -0.39 is 90.4 Å². The molecule has 2 fully saturated rings. The molecule has 2 aliphatic rings. The van der Waals surface area contributed by atoms with Crippen LogP contribution in [-0.4, -0.2) is 57.2 Å². The van der Waals surface area contributed by atoms with E-state index in [0.717, 1.165) is 47.5 Å². The molecule has 2 aliphatic carbocycles. The summed E-state index contributed by atoms with van der Waals surface area (Å²) in [5.74, 6) is -3.96.